The van der Waals surface area contributed by atoms with E-state index in [2.05, 4.69) is 10.2 Å². The molecule has 2 aromatic carbocycles. The number of carbonyl (C=O) groups excluding carboxylic acids is 2. The molecule has 1 unspecified atom stereocenters. The Hall–Kier alpha value is -3.15. The first-order chi connectivity index (χ1) is 17.6. The number of aromatic nitrogens is 2. The van der Waals surface area contributed by atoms with Crippen LogP contribution in [0.5, 0.6) is 0 Å². The molecule has 1 fully saturated rings. The van der Waals surface area contributed by atoms with Crippen LogP contribution < -0.4 is 4.90 Å². The van der Waals surface area contributed by atoms with E-state index in [9.17, 15) is 18.0 Å². The van der Waals surface area contributed by atoms with Gasteiger partial charge in [0, 0.05) is 51.3 Å². The number of fused-ring (bicyclic) bond motifs is 2. The second-order valence-electron chi connectivity index (χ2n) is 9.77. The maximum Gasteiger partial charge on any atom is 0.243 e. The highest BCUT2D eigenvalue weighted by Gasteiger charge is 2.49. The first-order valence-corrected chi connectivity index (χ1v) is 14.3. The maximum absolute atomic E-state index is 13.5. The highest BCUT2D eigenvalue weighted by molar-refractivity contribution is 7.89. The van der Waals surface area contributed by atoms with Crippen molar-refractivity contribution in [2.45, 2.75) is 43.5 Å². The number of anilines is 1. The van der Waals surface area contributed by atoms with E-state index in [0.29, 0.717) is 36.8 Å². The lowest BCUT2D eigenvalue weighted by Crippen LogP contribution is -2.40. The molecule has 5 rings (SSSR count). The van der Waals surface area contributed by atoms with E-state index in [1.807, 2.05) is 37.3 Å². The van der Waals surface area contributed by atoms with Crippen LogP contribution in [0.2, 0.25) is 0 Å². The maximum atomic E-state index is 13.5. The molecule has 0 radical (unpaired) electrons. The fourth-order valence-corrected chi connectivity index (χ4v) is 7.15. The van der Waals surface area contributed by atoms with Crippen LogP contribution in [-0.4, -0.2) is 66.3 Å². The monoisotopic (exact) mass is 539 g/mol. The number of nitrogens with zero attached hydrogens (tertiary/aromatic N) is 5. The molecule has 1 spiro atoms. The number of amides is 2. The Bertz CT molecular complexity index is 1460. The summed E-state index contributed by atoms with van der Waals surface area (Å²) in [6, 6.07) is 14.4. The van der Waals surface area contributed by atoms with Crippen molar-refractivity contribution in [3.63, 3.8) is 0 Å². The van der Waals surface area contributed by atoms with Crippen LogP contribution in [0, 0.1) is 6.92 Å². The van der Waals surface area contributed by atoms with Crippen LogP contribution in [0.25, 0.3) is 0 Å². The van der Waals surface area contributed by atoms with Gasteiger partial charge in [-0.3, -0.25) is 9.59 Å². The topological polar surface area (TPSA) is 104 Å². The zero-order valence-corrected chi connectivity index (χ0v) is 22.7. The summed E-state index contributed by atoms with van der Waals surface area (Å²) in [5, 5.41) is 9.54. The van der Waals surface area contributed by atoms with Gasteiger partial charge in [0.25, 0.3) is 0 Å². The number of likely N-dealkylation sites (tertiary alicyclic amines) is 1. The number of carbonyl (C=O) groups is 2. The lowest BCUT2D eigenvalue weighted by atomic mass is 9.81. The minimum atomic E-state index is -3.79. The van der Waals surface area contributed by atoms with E-state index < -0.39 is 15.4 Å². The van der Waals surface area contributed by atoms with Crippen molar-refractivity contribution in [1.82, 2.24) is 19.4 Å². The van der Waals surface area contributed by atoms with Crippen molar-refractivity contribution in [3.05, 3.63) is 69.7 Å². The van der Waals surface area contributed by atoms with Gasteiger partial charge in [-0.2, -0.15) is 4.31 Å². The summed E-state index contributed by atoms with van der Waals surface area (Å²) in [7, 11) is -2.22. The fourth-order valence-electron chi connectivity index (χ4n) is 5.26. The summed E-state index contributed by atoms with van der Waals surface area (Å²) in [5.74, 6) is -0.147. The van der Waals surface area contributed by atoms with Gasteiger partial charge in [0.05, 0.1) is 11.3 Å². The Labute approximate surface area is 220 Å². The van der Waals surface area contributed by atoms with Crippen LogP contribution in [0.1, 0.15) is 34.5 Å². The third-order valence-electron chi connectivity index (χ3n) is 7.22. The minimum absolute atomic E-state index is 0.0288. The Morgan fingerprint density at radius 3 is 2.51 bits per heavy atom. The average Bonchev–Trinajstić information content (AvgIpc) is 3.57. The first kappa shape index (κ1) is 25.5. The van der Waals surface area contributed by atoms with E-state index in [-0.39, 0.29) is 29.7 Å². The van der Waals surface area contributed by atoms with Gasteiger partial charge in [0.2, 0.25) is 21.8 Å². The van der Waals surface area contributed by atoms with Gasteiger partial charge in [-0.1, -0.05) is 30.3 Å². The summed E-state index contributed by atoms with van der Waals surface area (Å²) in [6.07, 6.45) is 0.780. The lowest BCUT2D eigenvalue weighted by Gasteiger charge is -2.25. The van der Waals surface area contributed by atoms with Crippen LogP contribution in [0.15, 0.2) is 53.4 Å². The van der Waals surface area contributed by atoms with Gasteiger partial charge in [0.1, 0.15) is 10.0 Å². The number of rotatable bonds is 6. The van der Waals surface area contributed by atoms with Gasteiger partial charge in [0.15, 0.2) is 0 Å². The molecule has 0 N–H and O–H groups in total. The summed E-state index contributed by atoms with van der Waals surface area (Å²) >= 11 is 1.39. The van der Waals surface area contributed by atoms with Gasteiger partial charge >= 0.3 is 0 Å². The number of hydrogen-bond acceptors (Lipinski definition) is 7. The molecule has 37 heavy (non-hydrogen) atoms. The van der Waals surface area contributed by atoms with Crippen LogP contribution in [-0.2, 0) is 38.0 Å². The molecule has 11 heteroatoms. The van der Waals surface area contributed by atoms with Gasteiger partial charge < -0.3 is 9.80 Å². The molecule has 1 aromatic heterocycles. The Kier molecular flexibility index (Phi) is 6.63. The quantitative estimate of drug-likeness (QED) is 0.477. The lowest BCUT2D eigenvalue weighted by molar-refractivity contribution is -0.127. The van der Waals surface area contributed by atoms with Crippen molar-refractivity contribution in [1.29, 1.82) is 0 Å². The van der Waals surface area contributed by atoms with Crippen LogP contribution in [0.3, 0.4) is 0 Å². The van der Waals surface area contributed by atoms with Crippen molar-refractivity contribution < 1.29 is 18.0 Å². The minimum Gasteiger partial charge on any atom is -0.342 e. The molecule has 2 amide bonds. The molecule has 0 aliphatic carbocycles. The molecule has 3 heterocycles. The van der Waals surface area contributed by atoms with Gasteiger partial charge in [-0.05, 0) is 42.7 Å². The fraction of sp³-hybridized carbons (Fsp3) is 0.385. The summed E-state index contributed by atoms with van der Waals surface area (Å²) in [5.41, 5.74) is 1.87. The molecule has 1 atom stereocenters. The zero-order chi connectivity index (χ0) is 26.4. The summed E-state index contributed by atoms with van der Waals surface area (Å²) < 4.78 is 28.4. The summed E-state index contributed by atoms with van der Waals surface area (Å²) in [6.45, 7) is 5.03. The predicted octanol–water partition coefficient (Wildman–Crippen LogP) is 2.75. The normalized spacial score (nSPS) is 19.1. The highest BCUT2D eigenvalue weighted by Crippen LogP contribution is 2.47. The average molecular weight is 540 g/mol. The van der Waals surface area contributed by atoms with E-state index in [1.165, 1.54) is 22.6 Å². The molecule has 1 saturated heterocycles. The number of aryl methyl sites for hydroxylation is 1. The highest BCUT2D eigenvalue weighted by atomic mass is 32.2. The molecular formula is C26H29N5O4S2. The van der Waals surface area contributed by atoms with Gasteiger partial charge in [-0.25, -0.2) is 8.42 Å². The molecule has 9 nitrogen and oxygen atoms in total. The molecular weight excluding hydrogens is 510 g/mol. The second kappa shape index (κ2) is 9.62. The predicted molar refractivity (Wildman–Crippen MR) is 141 cm³/mol. The second-order valence-corrected chi connectivity index (χ2v) is 13.1. The molecule has 194 valence electrons. The standard InChI is InChI=1S/C26H29N5O4S2/c1-18-27-28-24(36-18)14-25(33)31-17-26(11-12-30(16-26)19(2)32)22-13-21(9-10-23(22)31)37(34,35)29(3)15-20-7-5-4-6-8-20/h4-10,13H,11-12,14-17H2,1-3H3. The smallest absolute Gasteiger partial charge is 0.243 e. The molecule has 0 saturated carbocycles. The molecule has 0 bridgehead atoms. The largest absolute Gasteiger partial charge is 0.342 e. The zero-order valence-electron chi connectivity index (χ0n) is 21.0. The third kappa shape index (κ3) is 4.78. The Morgan fingerprint density at radius 2 is 1.86 bits per heavy atom. The molecule has 2 aliphatic rings. The number of benzene rings is 2. The molecule has 2 aliphatic heterocycles. The molecule has 3 aromatic rings. The SMILES string of the molecule is CC(=O)N1CCC2(C1)CN(C(=O)Cc1nnc(C)s1)c1ccc(S(=O)(=O)N(C)Cc3ccccc3)cc12. The van der Waals surface area contributed by atoms with Crippen molar-refractivity contribution in [2.75, 3.05) is 31.6 Å². The van der Waals surface area contributed by atoms with E-state index in [0.717, 1.165) is 16.1 Å². The number of sulfonamides is 1. The van der Waals surface area contributed by atoms with E-state index in [4.69, 9.17) is 0 Å². The van der Waals surface area contributed by atoms with Crippen molar-refractivity contribution in [2.24, 2.45) is 0 Å². The van der Waals surface area contributed by atoms with Gasteiger partial charge in [-0.15, -0.1) is 21.5 Å². The first-order valence-electron chi connectivity index (χ1n) is 12.1. The van der Waals surface area contributed by atoms with Crippen LogP contribution >= 0.6 is 11.3 Å². The summed E-state index contributed by atoms with van der Waals surface area (Å²) in [4.78, 5) is 29.2. The Balaban J connectivity index is 1.49. The van der Waals surface area contributed by atoms with E-state index >= 15 is 0 Å². The third-order valence-corrected chi connectivity index (χ3v) is 9.86. The van der Waals surface area contributed by atoms with E-state index in [1.54, 1.807) is 35.0 Å². The van der Waals surface area contributed by atoms with Crippen LogP contribution in [0.4, 0.5) is 5.69 Å². The van der Waals surface area contributed by atoms with Crippen molar-refractivity contribution >= 4 is 38.9 Å². The number of hydrogen-bond donors (Lipinski definition) is 0. The van der Waals surface area contributed by atoms with Crippen molar-refractivity contribution in [3.8, 4) is 0 Å². The Morgan fingerprint density at radius 1 is 1.11 bits per heavy atom.